The molecule has 9 rings (SSSR count). The van der Waals surface area contributed by atoms with Gasteiger partial charge in [-0.05, 0) is 76.2 Å². The van der Waals surface area contributed by atoms with Gasteiger partial charge in [0.15, 0.2) is 0 Å². The molecule has 0 saturated carbocycles. The molecule has 0 aliphatic heterocycles. The summed E-state index contributed by atoms with van der Waals surface area (Å²) >= 11 is 0. The normalized spacial score (nSPS) is 11.6. The Morgan fingerprint density at radius 3 is 2.05 bits per heavy atom. The third-order valence-electron chi connectivity index (χ3n) is 10.7. The Bertz CT molecular complexity index is 2810. The summed E-state index contributed by atoms with van der Waals surface area (Å²) in [6.07, 6.45) is 3.86. The van der Waals surface area contributed by atoms with Crippen LogP contribution < -0.4 is 5.19 Å². The summed E-state index contributed by atoms with van der Waals surface area (Å²) in [4.78, 5) is 14.5. The summed E-state index contributed by atoms with van der Waals surface area (Å²) in [5, 5.41) is 3.55. The zero-order valence-electron chi connectivity index (χ0n) is 34.4. The number of rotatable bonds is 7. The van der Waals surface area contributed by atoms with Crippen LogP contribution in [0.5, 0.6) is 0 Å². The molecule has 0 aliphatic carbocycles. The number of hydrogen-bond acceptors (Lipinski definition) is 4. The summed E-state index contributed by atoms with van der Waals surface area (Å²) in [7, 11) is -1.23. The van der Waals surface area contributed by atoms with Crippen molar-refractivity contribution in [1.82, 2.24) is 19.5 Å². The van der Waals surface area contributed by atoms with Gasteiger partial charge in [-0.1, -0.05) is 119 Å². The fraction of sp³-hybridized carbons (Fsp3) is 0.196. The summed E-state index contributed by atoms with van der Waals surface area (Å²) in [5.74, 6) is 1.37. The maximum atomic E-state index is 6.49. The molecule has 0 unspecified atom stereocenters. The maximum absolute atomic E-state index is 6.49. The van der Waals surface area contributed by atoms with Crippen LogP contribution in [-0.4, -0.2) is 27.6 Å². The number of aromatic nitrogens is 4. The van der Waals surface area contributed by atoms with Gasteiger partial charge in [0.2, 0.25) is 0 Å². The molecule has 9 aromatic rings. The van der Waals surface area contributed by atoms with Crippen molar-refractivity contribution < 1.29 is 24.5 Å². The van der Waals surface area contributed by atoms with Gasteiger partial charge in [0.05, 0.1) is 36.2 Å². The molecular weight excluding hydrogens is 905 g/mol. The number of furan rings is 1. The molecule has 0 atom stereocenters. The van der Waals surface area contributed by atoms with Gasteiger partial charge in [0.25, 0.3) is 0 Å². The van der Waals surface area contributed by atoms with E-state index in [1.54, 1.807) is 0 Å². The van der Waals surface area contributed by atoms with Gasteiger partial charge in [-0.2, -0.15) is 0 Å². The first kappa shape index (κ1) is 40.7. The quantitative estimate of drug-likeness (QED) is 0.118. The predicted molar refractivity (Wildman–Crippen MR) is 240 cm³/mol. The van der Waals surface area contributed by atoms with E-state index in [0.717, 1.165) is 61.3 Å². The second-order valence-electron chi connectivity index (χ2n) is 16.4. The Morgan fingerprint density at radius 1 is 0.690 bits per heavy atom. The standard InChI is InChI=1S/C37H32N3O.C14H16NSi.Ir/c1-22(2)30-20-26(25-12-7-6-8-13-25)21-31(23(3)4)35(30)40-34-24(5)38-19-18-32(34)39-37(40)29-16-11-15-28-27-14-9-10-17-33(27)41-36(28)29;1-16(2,3)13-9-10-14(15-11-13)12-7-5-4-6-8-12;/h6-15,17-23H,1-5H3;4-7,9-11H,1-3H3;/q2*-1;. The van der Waals surface area contributed by atoms with Gasteiger partial charge in [-0.15, -0.1) is 54.1 Å². The number of para-hydroxylation sites is 1. The van der Waals surface area contributed by atoms with E-state index in [1.165, 1.54) is 33.1 Å². The third kappa shape index (κ3) is 7.87. The number of pyridine rings is 2. The van der Waals surface area contributed by atoms with Crippen molar-refractivity contribution in [2.75, 3.05) is 0 Å². The van der Waals surface area contributed by atoms with Crippen molar-refractivity contribution in [2.45, 2.75) is 66.1 Å². The van der Waals surface area contributed by atoms with Gasteiger partial charge in [0, 0.05) is 43.6 Å². The second kappa shape index (κ2) is 16.8. The van der Waals surface area contributed by atoms with Crippen molar-refractivity contribution in [3.05, 3.63) is 163 Å². The van der Waals surface area contributed by atoms with Crippen molar-refractivity contribution in [1.29, 1.82) is 0 Å². The van der Waals surface area contributed by atoms with E-state index in [-0.39, 0.29) is 31.9 Å². The van der Waals surface area contributed by atoms with Crippen LogP contribution in [0.1, 0.15) is 56.4 Å². The van der Waals surface area contributed by atoms with Crippen LogP contribution in [0, 0.1) is 19.1 Å². The predicted octanol–water partition coefficient (Wildman–Crippen LogP) is 13.1. The van der Waals surface area contributed by atoms with Crippen molar-refractivity contribution in [3.8, 4) is 39.5 Å². The van der Waals surface area contributed by atoms with Gasteiger partial charge in [0.1, 0.15) is 5.58 Å². The van der Waals surface area contributed by atoms with E-state index in [1.807, 2.05) is 60.9 Å². The molecule has 7 heteroatoms. The molecule has 0 aliphatic rings. The molecule has 0 amide bonds. The van der Waals surface area contributed by atoms with E-state index in [2.05, 4.69) is 149 Å². The number of hydrogen-bond donors (Lipinski definition) is 0. The molecular formula is C51H48IrN4OSi-2. The molecule has 1 radical (unpaired) electrons. The van der Waals surface area contributed by atoms with Crippen molar-refractivity contribution in [3.63, 3.8) is 0 Å². The first-order valence-electron chi connectivity index (χ1n) is 19.8. The molecule has 0 fully saturated rings. The Kier molecular flexibility index (Phi) is 11.8. The average molecular weight is 953 g/mol. The summed E-state index contributed by atoms with van der Waals surface area (Å²) in [5.41, 5.74) is 13.6. The number of aryl methyl sites for hydroxylation is 1. The first-order valence-corrected chi connectivity index (χ1v) is 23.3. The number of fused-ring (bicyclic) bond motifs is 4. The zero-order valence-corrected chi connectivity index (χ0v) is 37.8. The molecule has 5 nitrogen and oxygen atoms in total. The molecule has 4 aromatic heterocycles. The minimum atomic E-state index is -1.23. The smallest absolute Gasteiger partial charge is 0.120 e. The Labute approximate surface area is 356 Å². The Morgan fingerprint density at radius 2 is 1.40 bits per heavy atom. The first-order chi connectivity index (χ1) is 27.5. The largest absolute Gasteiger partial charge is 0.501 e. The Hall–Kier alpha value is -5.46. The van der Waals surface area contributed by atoms with Crippen LogP contribution in [-0.2, 0) is 20.1 Å². The molecule has 0 bridgehead atoms. The van der Waals surface area contributed by atoms with Crippen LogP contribution in [0.3, 0.4) is 0 Å². The topological polar surface area (TPSA) is 56.7 Å². The molecule has 0 saturated heterocycles. The molecule has 5 aromatic carbocycles. The van der Waals surface area contributed by atoms with Crippen LogP contribution in [0.25, 0.3) is 72.4 Å². The summed E-state index contributed by atoms with van der Waals surface area (Å²) in [6.45, 7) is 18.1. The van der Waals surface area contributed by atoms with Gasteiger partial charge >= 0.3 is 0 Å². The minimum absolute atomic E-state index is 0. The molecule has 0 N–H and O–H groups in total. The van der Waals surface area contributed by atoms with Gasteiger partial charge in [-0.3, -0.25) is 9.97 Å². The van der Waals surface area contributed by atoms with E-state index in [4.69, 9.17) is 14.4 Å². The van der Waals surface area contributed by atoms with Crippen molar-refractivity contribution >= 4 is 46.2 Å². The summed E-state index contributed by atoms with van der Waals surface area (Å²) in [6, 6.07) is 48.6. The van der Waals surface area contributed by atoms with E-state index in [9.17, 15) is 0 Å². The van der Waals surface area contributed by atoms with Crippen LogP contribution in [0.15, 0.2) is 138 Å². The molecule has 4 heterocycles. The van der Waals surface area contributed by atoms with Crippen LogP contribution >= 0.6 is 0 Å². The van der Waals surface area contributed by atoms with E-state index < -0.39 is 8.07 Å². The zero-order chi connectivity index (χ0) is 39.8. The van der Waals surface area contributed by atoms with Gasteiger partial charge < -0.3 is 14.0 Å². The van der Waals surface area contributed by atoms with Crippen LogP contribution in [0.4, 0.5) is 0 Å². The maximum Gasteiger partial charge on any atom is 0.120 e. The monoisotopic (exact) mass is 953 g/mol. The number of benzene rings is 5. The SMILES string of the molecule is C[Si](C)(C)c1ccc(-c2[c-]cccc2)nc1.Cc1nccc2nc(-c3[c-]ccc4c3oc3ccccc34)n(-c3c(C(C)C)cc(-c4ccccc4)cc3C(C)C)c12.[Ir]. The fourth-order valence-electron chi connectivity index (χ4n) is 7.59. The molecule has 58 heavy (non-hydrogen) atoms. The Balaban J connectivity index is 0.000000254. The average Bonchev–Trinajstić information content (AvgIpc) is 3.81. The second-order valence-corrected chi connectivity index (χ2v) is 21.4. The number of imidazole rings is 1. The fourth-order valence-corrected chi connectivity index (χ4v) is 8.62. The van der Waals surface area contributed by atoms with E-state index >= 15 is 0 Å². The van der Waals surface area contributed by atoms with Crippen LogP contribution in [0.2, 0.25) is 19.6 Å². The minimum Gasteiger partial charge on any atom is -0.501 e. The number of nitrogens with zero attached hydrogens (tertiary/aromatic N) is 4. The van der Waals surface area contributed by atoms with Crippen molar-refractivity contribution in [2.24, 2.45) is 0 Å². The van der Waals surface area contributed by atoms with E-state index in [0.29, 0.717) is 0 Å². The van der Waals surface area contributed by atoms with Gasteiger partial charge in [-0.25, -0.2) is 0 Å². The third-order valence-corrected chi connectivity index (χ3v) is 12.7. The summed E-state index contributed by atoms with van der Waals surface area (Å²) < 4.78 is 8.82. The molecule has 293 valence electrons. The molecule has 0 spiro atoms.